The zero-order chi connectivity index (χ0) is 9.84. The van der Waals surface area contributed by atoms with Crippen molar-refractivity contribution >= 4 is 0 Å². The second-order valence-electron chi connectivity index (χ2n) is 3.22. The predicted molar refractivity (Wildman–Crippen MR) is 53.1 cm³/mol. The molecule has 0 amide bonds. The van der Waals surface area contributed by atoms with E-state index in [4.69, 9.17) is 0 Å². The fourth-order valence-corrected chi connectivity index (χ4v) is 1.66. The highest BCUT2D eigenvalue weighted by Crippen LogP contribution is 2.36. The number of rotatable bonds is 3. The molecule has 0 unspecified atom stereocenters. The van der Waals surface area contributed by atoms with Crippen LogP contribution >= 0.6 is 0 Å². The molecule has 0 radical (unpaired) electrons. The van der Waals surface area contributed by atoms with E-state index in [1.807, 2.05) is 0 Å². The monoisotopic (exact) mass is 180 g/mol. The normalized spacial score (nSPS) is 10.7. The van der Waals surface area contributed by atoms with E-state index in [1.54, 1.807) is 18.2 Å². The average molecular weight is 180 g/mol. The Morgan fingerprint density at radius 2 is 1.54 bits per heavy atom. The number of benzene rings is 1. The summed E-state index contributed by atoms with van der Waals surface area (Å²) in [6.45, 7) is 4.11. The van der Waals surface area contributed by atoms with Crippen molar-refractivity contribution in [3.05, 3.63) is 23.8 Å². The lowest BCUT2D eigenvalue weighted by Crippen LogP contribution is -1.96. The SMILES string of the molecule is CCC(CC)c1c(O)cccc1O. The predicted octanol–water partition coefficient (Wildman–Crippen LogP) is 3.00. The molecule has 72 valence electrons. The fraction of sp³-hybridized carbons (Fsp3) is 0.455. The summed E-state index contributed by atoms with van der Waals surface area (Å²) in [7, 11) is 0. The van der Waals surface area contributed by atoms with Crippen molar-refractivity contribution in [3.8, 4) is 11.5 Å². The minimum atomic E-state index is 0.203. The van der Waals surface area contributed by atoms with E-state index in [0.717, 1.165) is 12.8 Å². The molecule has 1 aromatic rings. The Bertz CT molecular complexity index is 257. The van der Waals surface area contributed by atoms with Crippen molar-refractivity contribution in [1.82, 2.24) is 0 Å². The van der Waals surface area contributed by atoms with Crippen LogP contribution in [0.4, 0.5) is 0 Å². The highest BCUT2D eigenvalue weighted by atomic mass is 16.3. The number of aromatic hydroxyl groups is 2. The molecule has 0 aliphatic heterocycles. The molecule has 0 spiro atoms. The zero-order valence-electron chi connectivity index (χ0n) is 8.12. The smallest absolute Gasteiger partial charge is 0.122 e. The van der Waals surface area contributed by atoms with Crippen LogP contribution in [0.1, 0.15) is 38.2 Å². The van der Waals surface area contributed by atoms with Crippen LogP contribution in [0.15, 0.2) is 18.2 Å². The standard InChI is InChI=1S/C11H16O2/c1-3-8(4-2)11-9(12)6-5-7-10(11)13/h5-8,12-13H,3-4H2,1-2H3. The molecule has 2 heteroatoms. The van der Waals surface area contributed by atoms with E-state index in [2.05, 4.69) is 13.8 Å². The summed E-state index contributed by atoms with van der Waals surface area (Å²) >= 11 is 0. The molecular weight excluding hydrogens is 164 g/mol. The third-order valence-corrected chi connectivity index (χ3v) is 2.45. The Labute approximate surface area is 78.8 Å². The molecule has 0 atom stereocenters. The Balaban J connectivity index is 3.10. The maximum absolute atomic E-state index is 9.56. The van der Waals surface area contributed by atoms with Gasteiger partial charge in [-0.2, -0.15) is 0 Å². The summed E-state index contributed by atoms with van der Waals surface area (Å²) < 4.78 is 0. The van der Waals surface area contributed by atoms with Gasteiger partial charge in [0.2, 0.25) is 0 Å². The van der Waals surface area contributed by atoms with Crippen LogP contribution < -0.4 is 0 Å². The molecule has 0 fully saturated rings. The molecule has 0 heterocycles. The van der Waals surface area contributed by atoms with Crippen molar-refractivity contribution in [1.29, 1.82) is 0 Å². The van der Waals surface area contributed by atoms with E-state index in [-0.39, 0.29) is 17.4 Å². The van der Waals surface area contributed by atoms with Crippen LogP contribution in [-0.4, -0.2) is 10.2 Å². The minimum Gasteiger partial charge on any atom is -0.508 e. The first-order valence-electron chi connectivity index (χ1n) is 4.71. The van der Waals surface area contributed by atoms with E-state index in [1.165, 1.54) is 0 Å². The van der Waals surface area contributed by atoms with Gasteiger partial charge in [-0.25, -0.2) is 0 Å². The van der Waals surface area contributed by atoms with Gasteiger partial charge in [-0.3, -0.25) is 0 Å². The molecule has 0 bridgehead atoms. The zero-order valence-corrected chi connectivity index (χ0v) is 8.12. The van der Waals surface area contributed by atoms with Crippen LogP contribution in [0.3, 0.4) is 0 Å². The Hall–Kier alpha value is -1.18. The van der Waals surface area contributed by atoms with Crippen LogP contribution in [-0.2, 0) is 0 Å². The number of hydrogen-bond donors (Lipinski definition) is 2. The molecule has 0 aliphatic carbocycles. The molecule has 1 rings (SSSR count). The molecule has 13 heavy (non-hydrogen) atoms. The van der Waals surface area contributed by atoms with Gasteiger partial charge in [-0.15, -0.1) is 0 Å². The van der Waals surface area contributed by atoms with Crippen molar-refractivity contribution in [3.63, 3.8) is 0 Å². The van der Waals surface area contributed by atoms with Gasteiger partial charge in [0.15, 0.2) is 0 Å². The van der Waals surface area contributed by atoms with Gasteiger partial charge in [-0.1, -0.05) is 19.9 Å². The van der Waals surface area contributed by atoms with Crippen LogP contribution in [0, 0.1) is 0 Å². The first-order chi connectivity index (χ1) is 6.20. The highest BCUT2D eigenvalue weighted by molar-refractivity contribution is 5.45. The summed E-state index contributed by atoms with van der Waals surface area (Å²) in [5.74, 6) is 0.656. The Kier molecular flexibility index (Phi) is 3.18. The van der Waals surface area contributed by atoms with Crippen molar-refractivity contribution in [2.45, 2.75) is 32.6 Å². The fourth-order valence-electron chi connectivity index (χ4n) is 1.66. The summed E-state index contributed by atoms with van der Waals surface area (Å²) in [4.78, 5) is 0. The lowest BCUT2D eigenvalue weighted by atomic mass is 9.92. The third-order valence-electron chi connectivity index (χ3n) is 2.45. The summed E-state index contributed by atoms with van der Waals surface area (Å²) in [5, 5.41) is 19.1. The molecule has 0 saturated heterocycles. The maximum atomic E-state index is 9.56. The number of phenolic OH excluding ortho intramolecular Hbond substituents is 2. The van der Waals surface area contributed by atoms with Gasteiger partial charge in [-0.05, 0) is 30.9 Å². The molecule has 1 aromatic carbocycles. The van der Waals surface area contributed by atoms with E-state index < -0.39 is 0 Å². The van der Waals surface area contributed by atoms with E-state index in [0.29, 0.717) is 5.56 Å². The lowest BCUT2D eigenvalue weighted by molar-refractivity contribution is 0.423. The molecular formula is C11H16O2. The molecule has 0 aliphatic rings. The molecule has 0 aromatic heterocycles. The maximum Gasteiger partial charge on any atom is 0.122 e. The quantitative estimate of drug-likeness (QED) is 0.750. The second-order valence-corrected chi connectivity index (χ2v) is 3.22. The van der Waals surface area contributed by atoms with E-state index in [9.17, 15) is 10.2 Å². The lowest BCUT2D eigenvalue weighted by Gasteiger charge is -2.15. The molecule has 2 N–H and O–H groups in total. The highest BCUT2D eigenvalue weighted by Gasteiger charge is 2.15. The van der Waals surface area contributed by atoms with Gasteiger partial charge < -0.3 is 10.2 Å². The van der Waals surface area contributed by atoms with Crippen LogP contribution in [0.2, 0.25) is 0 Å². The summed E-state index contributed by atoms with van der Waals surface area (Å²) in [6.07, 6.45) is 1.86. The van der Waals surface area contributed by atoms with Crippen molar-refractivity contribution < 1.29 is 10.2 Å². The first kappa shape index (κ1) is 9.90. The molecule has 0 saturated carbocycles. The van der Waals surface area contributed by atoms with Gasteiger partial charge >= 0.3 is 0 Å². The topological polar surface area (TPSA) is 40.5 Å². The number of phenols is 2. The van der Waals surface area contributed by atoms with Crippen LogP contribution in [0.5, 0.6) is 11.5 Å². The van der Waals surface area contributed by atoms with Crippen molar-refractivity contribution in [2.24, 2.45) is 0 Å². The van der Waals surface area contributed by atoms with Gasteiger partial charge in [0.05, 0.1) is 0 Å². The number of hydrogen-bond acceptors (Lipinski definition) is 2. The largest absolute Gasteiger partial charge is 0.508 e. The Morgan fingerprint density at radius 1 is 1.08 bits per heavy atom. The Morgan fingerprint density at radius 3 is 1.92 bits per heavy atom. The molecule has 2 nitrogen and oxygen atoms in total. The van der Waals surface area contributed by atoms with Gasteiger partial charge in [0.25, 0.3) is 0 Å². The first-order valence-corrected chi connectivity index (χ1v) is 4.71. The van der Waals surface area contributed by atoms with Gasteiger partial charge in [0.1, 0.15) is 11.5 Å². The third kappa shape index (κ3) is 1.94. The van der Waals surface area contributed by atoms with Crippen molar-refractivity contribution in [2.75, 3.05) is 0 Å². The second kappa shape index (κ2) is 4.17. The average Bonchev–Trinajstić information content (AvgIpc) is 2.11. The minimum absolute atomic E-state index is 0.203. The summed E-state index contributed by atoms with van der Waals surface area (Å²) in [5.41, 5.74) is 0.688. The van der Waals surface area contributed by atoms with Crippen LogP contribution in [0.25, 0.3) is 0 Å². The summed E-state index contributed by atoms with van der Waals surface area (Å²) in [6, 6.07) is 4.89. The van der Waals surface area contributed by atoms with Gasteiger partial charge in [0, 0.05) is 5.56 Å². The van der Waals surface area contributed by atoms with E-state index >= 15 is 0 Å².